The molecule has 192 valence electrons. The number of rotatable bonds is 10. The second-order valence-electron chi connectivity index (χ2n) is 8.22. The van der Waals surface area contributed by atoms with E-state index in [1.165, 1.54) is 0 Å². The topological polar surface area (TPSA) is 79.0 Å². The molecule has 0 bridgehead atoms. The molecule has 0 spiro atoms. The number of hydrogen-bond donors (Lipinski definition) is 1. The van der Waals surface area contributed by atoms with E-state index >= 15 is 0 Å². The van der Waals surface area contributed by atoms with Gasteiger partial charge in [-0.1, -0.05) is 12.1 Å². The number of nitrogens with zero attached hydrogens (tertiary/aromatic N) is 2. The van der Waals surface area contributed by atoms with Gasteiger partial charge in [-0.15, -0.1) is 0 Å². The molecule has 1 saturated carbocycles. The molecule has 0 saturated heterocycles. The molecule has 1 aliphatic rings. The van der Waals surface area contributed by atoms with Crippen molar-refractivity contribution in [3.05, 3.63) is 53.6 Å². The van der Waals surface area contributed by atoms with E-state index in [1.807, 2.05) is 24.8 Å². The van der Waals surface area contributed by atoms with Crippen LogP contribution in [-0.4, -0.2) is 45.0 Å². The van der Waals surface area contributed by atoms with Gasteiger partial charge in [-0.2, -0.15) is 21.6 Å². The number of benzene rings is 2. The number of carbonyl (C=O) groups is 1. The Morgan fingerprint density at radius 1 is 1.09 bits per heavy atom. The average molecular weight is 514 g/mol. The van der Waals surface area contributed by atoms with Crippen molar-refractivity contribution in [1.29, 1.82) is 0 Å². The summed E-state index contributed by atoms with van der Waals surface area (Å²) in [5, 5.41) is 2.76. The zero-order chi connectivity index (χ0) is 25.8. The van der Waals surface area contributed by atoms with E-state index in [0.717, 1.165) is 31.0 Å². The van der Waals surface area contributed by atoms with E-state index in [9.17, 15) is 26.4 Å². The molecule has 1 N–H and O–H groups in total. The summed E-state index contributed by atoms with van der Waals surface area (Å²) < 4.78 is 70.9. The van der Waals surface area contributed by atoms with Crippen LogP contribution in [0.3, 0.4) is 0 Å². The number of halogens is 3. The van der Waals surface area contributed by atoms with Gasteiger partial charge in [0.15, 0.2) is 0 Å². The van der Waals surface area contributed by atoms with Gasteiger partial charge in [0, 0.05) is 43.0 Å². The van der Waals surface area contributed by atoms with E-state index in [2.05, 4.69) is 5.32 Å². The third-order valence-electron chi connectivity index (χ3n) is 5.75. The predicted octanol–water partition coefficient (Wildman–Crippen LogP) is 5.01. The van der Waals surface area contributed by atoms with Crippen molar-refractivity contribution >= 4 is 21.8 Å². The first kappa shape index (κ1) is 26.7. The molecule has 11 heteroatoms. The van der Waals surface area contributed by atoms with E-state index in [-0.39, 0.29) is 24.4 Å². The highest BCUT2D eigenvalue weighted by Gasteiger charge is 2.34. The second-order valence-corrected chi connectivity index (χ2v) is 9.77. The van der Waals surface area contributed by atoms with Crippen molar-refractivity contribution in [2.75, 3.05) is 24.5 Å². The Morgan fingerprint density at radius 3 is 2.34 bits per heavy atom. The van der Waals surface area contributed by atoms with Gasteiger partial charge in [0.25, 0.3) is 0 Å². The Kier molecular flexibility index (Phi) is 8.19. The molecule has 2 aromatic rings. The number of alkyl halides is 3. The molecule has 35 heavy (non-hydrogen) atoms. The first-order chi connectivity index (χ1) is 16.5. The smallest absolute Gasteiger partial charge is 0.379 e. The highest BCUT2D eigenvalue weighted by atomic mass is 32.2. The van der Waals surface area contributed by atoms with Gasteiger partial charge in [0.1, 0.15) is 10.6 Å². The molecule has 2 amide bonds. The van der Waals surface area contributed by atoms with Crippen LogP contribution in [0.15, 0.2) is 47.4 Å². The van der Waals surface area contributed by atoms with Gasteiger partial charge in [0.2, 0.25) is 0 Å². The van der Waals surface area contributed by atoms with E-state index in [0.29, 0.717) is 37.0 Å². The Labute approximate surface area is 204 Å². The van der Waals surface area contributed by atoms with E-state index in [1.54, 1.807) is 24.0 Å². The van der Waals surface area contributed by atoms with Crippen LogP contribution in [0.4, 0.5) is 23.7 Å². The lowest BCUT2D eigenvalue weighted by Gasteiger charge is -2.26. The Bertz CT molecular complexity index is 1150. The molecule has 0 atom stereocenters. The van der Waals surface area contributed by atoms with Gasteiger partial charge >= 0.3 is 22.3 Å². The zero-order valence-corrected chi connectivity index (χ0v) is 20.7. The Hall–Kier alpha value is -2.95. The van der Waals surface area contributed by atoms with Crippen molar-refractivity contribution in [2.24, 2.45) is 0 Å². The largest absolute Gasteiger partial charge is 0.416 e. The predicted molar refractivity (Wildman–Crippen MR) is 127 cm³/mol. The normalized spacial score (nSPS) is 13.9. The number of hydrogen-bond acceptors (Lipinski definition) is 5. The van der Waals surface area contributed by atoms with Crippen LogP contribution < -0.4 is 14.4 Å². The monoisotopic (exact) mass is 513 g/mol. The van der Waals surface area contributed by atoms with Gasteiger partial charge in [-0.3, -0.25) is 0 Å². The van der Waals surface area contributed by atoms with E-state index < -0.39 is 26.8 Å². The molecule has 0 aromatic heterocycles. The van der Waals surface area contributed by atoms with Crippen LogP contribution in [0.5, 0.6) is 5.75 Å². The second kappa shape index (κ2) is 10.8. The summed E-state index contributed by atoms with van der Waals surface area (Å²) in [5.74, 6) is -0.0261. The summed E-state index contributed by atoms with van der Waals surface area (Å²) >= 11 is 0. The Balaban J connectivity index is 2.00. The minimum atomic E-state index is -4.70. The quantitative estimate of drug-likeness (QED) is 0.452. The lowest BCUT2D eigenvalue weighted by Crippen LogP contribution is -2.40. The molecule has 7 nitrogen and oxygen atoms in total. The molecule has 0 aliphatic heterocycles. The van der Waals surface area contributed by atoms with Crippen LogP contribution in [-0.2, 0) is 22.8 Å². The summed E-state index contributed by atoms with van der Waals surface area (Å²) in [6, 6.07) is 8.26. The third-order valence-corrected chi connectivity index (χ3v) is 6.98. The molecule has 0 radical (unpaired) electrons. The number of carbonyl (C=O) groups excluding carboxylic acids is 1. The minimum absolute atomic E-state index is 0.0261. The molecular formula is C24H30F3N3O4S. The molecular weight excluding hydrogens is 483 g/mol. The summed E-state index contributed by atoms with van der Waals surface area (Å²) in [4.78, 5) is 15.6. The standard InChI is InChI=1S/C24H30F3N3O4S/c1-4-28-23(31)30(19-12-13-19)16-17-10-11-20(29(5-2)6-3)15-22(17)34-35(32,33)21-9-7-8-18(14-21)24(25,26)27/h7-11,14-15,19H,4-6,12-13,16H2,1-3H3,(H,28,31). The van der Waals surface area contributed by atoms with Crippen LogP contribution in [0, 0.1) is 0 Å². The van der Waals surface area contributed by atoms with Gasteiger partial charge < -0.3 is 19.3 Å². The third kappa shape index (κ3) is 6.59. The van der Waals surface area contributed by atoms with Crippen molar-refractivity contribution in [3.8, 4) is 5.75 Å². The maximum atomic E-state index is 13.1. The van der Waals surface area contributed by atoms with E-state index in [4.69, 9.17) is 4.18 Å². The number of anilines is 1. The maximum Gasteiger partial charge on any atom is 0.416 e. The number of nitrogens with one attached hydrogen (secondary N) is 1. The van der Waals surface area contributed by atoms with Crippen LogP contribution >= 0.6 is 0 Å². The molecule has 1 aliphatic carbocycles. The fourth-order valence-corrected chi connectivity index (χ4v) is 4.72. The van der Waals surface area contributed by atoms with Crippen molar-refractivity contribution in [1.82, 2.24) is 10.2 Å². The zero-order valence-electron chi connectivity index (χ0n) is 19.9. The molecule has 0 heterocycles. The first-order valence-electron chi connectivity index (χ1n) is 11.5. The minimum Gasteiger partial charge on any atom is -0.379 e. The Morgan fingerprint density at radius 2 is 1.77 bits per heavy atom. The van der Waals surface area contributed by atoms with Crippen LogP contribution in [0.25, 0.3) is 0 Å². The molecule has 1 fully saturated rings. The summed E-state index contributed by atoms with van der Waals surface area (Å²) in [6.07, 6.45) is -3.02. The average Bonchev–Trinajstić information content (AvgIpc) is 3.64. The maximum absolute atomic E-state index is 13.1. The fraction of sp³-hybridized carbons (Fsp3) is 0.458. The SMILES string of the molecule is CCNC(=O)N(Cc1ccc(N(CC)CC)cc1OS(=O)(=O)c1cccc(C(F)(F)F)c1)C1CC1. The van der Waals surface area contributed by atoms with Crippen molar-refractivity contribution in [3.63, 3.8) is 0 Å². The molecule has 0 unspecified atom stereocenters. The highest BCUT2D eigenvalue weighted by molar-refractivity contribution is 7.87. The van der Waals surface area contributed by atoms with Crippen molar-refractivity contribution in [2.45, 2.75) is 57.3 Å². The lowest BCUT2D eigenvalue weighted by molar-refractivity contribution is -0.137. The lowest BCUT2D eigenvalue weighted by atomic mass is 10.1. The van der Waals surface area contributed by atoms with Crippen molar-refractivity contribution < 1.29 is 30.6 Å². The summed E-state index contributed by atoms with van der Waals surface area (Å²) in [5.41, 5.74) is 0.0500. The fourth-order valence-electron chi connectivity index (χ4n) is 3.72. The number of amides is 2. The van der Waals surface area contributed by atoms with Gasteiger partial charge in [-0.05, 0) is 57.9 Å². The number of urea groups is 1. The summed E-state index contributed by atoms with van der Waals surface area (Å²) in [6.45, 7) is 7.55. The van der Waals surface area contributed by atoms with Crippen LogP contribution in [0.2, 0.25) is 0 Å². The van der Waals surface area contributed by atoms with Gasteiger partial charge in [-0.25, -0.2) is 4.79 Å². The highest BCUT2D eigenvalue weighted by Crippen LogP contribution is 2.35. The molecule has 3 rings (SSSR count). The molecule has 2 aromatic carbocycles. The van der Waals surface area contributed by atoms with Gasteiger partial charge in [0.05, 0.1) is 12.1 Å². The van der Waals surface area contributed by atoms with Crippen LogP contribution in [0.1, 0.15) is 44.7 Å². The first-order valence-corrected chi connectivity index (χ1v) is 12.9. The summed E-state index contributed by atoms with van der Waals surface area (Å²) in [7, 11) is -4.58.